The van der Waals surface area contributed by atoms with Gasteiger partial charge in [-0.2, -0.15) is 0 Å². The van der Waals surface area contributed by atoms with Crippen LogP contribution in [-0.4, -0.2) is 15.0 Å². The lowest BCUT2D eigenvalue weighted by atomic mass is 9.94. The zero-order chi connectivity index (χ0) is 35.6. The first kappa shape index (κ1) is 30.3. The zero-order valence-electron chi connectivity index (χ0n) is 28.9. The second-order valence-electron chi connectivity index (χ2n) is 13.5. The molecule has 0 aliphatic rings. The number of aromatic nitrogens is 3. The molecule has 4 aromatic heterocycles. The molecular weight excluding hydrogens is 663 g/mol. The number of benzene rings is 7. The molecule has 7 aromatic carbocycles. The van der Waals surface area contributed by atoms with Crippen molar-refractivity contribution in [2.75, 3.05) is 0 Å². The van der Waals surface area contributed by atoms with Crippen LogP contribution in [0.2, 0.25) is 0 Å². The summed E-state index contributed by atoms with van der Waals surface area (Å²) in [6.07, 6.45) is 1.84. The van der Waals surface area contributed by atoms with Crippen LogP contribution >= 0.6 is 0 Å². The number of pyridine rings is 1. The quantitative estimate of drug-likeness (QED) is 0.180. The summed E-state index contributed by atoms with van der Waals surface area (Å²) in [6.45, 7) is 0. The summed E-state index contributed by atoms with van der Waals surface area (Å²) < 4.78 is 13.1. The maximum atomic E-state index is 6.77. The van der Waals surface area contributed by atoms with Crippen molar-refractivity contribution in [3.05, 3.63) is 176 Å². The zero-order valence-corrected chi connectivity index (χ0v) is 28.9. The molecular formula is C49H29N3O2. The third-order valence-corrected chi connectivity index (χ3v) is 10.4. The van der Waals surface area contributed by atoms with Crippen LogP contribution < -0.4 is 0 Å². The van der Waals surface area contributed by atoms with Crippen LogP contribution in [0.1, 0.15) is 0 Å². The molecule has 4 heterocycles. The molecule has 5 heteroatoms. The maximum absolute atomic E-state index is 6.77. The molecule has 0 bridgehead atoms. The first-order valence-corrected chi connectivity index (χ1v) is 18.0. The first-order valence-electron chi connectivity index (χ1n) is 18.0. The van der Waals surface area contributed by atoms with Gasteiger partial charge in [-0.15, -0.1) is 0 Å². The molecule has 0 aliphatic carbocycles. The van der Waals surface area contributed by atoms with E-state index in [0.717, 1.165) is 105 Å². The highest BCUT2D eigenvalue weighted by Gasteiger charge is 2.22. The average molecular weight is 692 g/mol. The Morgan fingerprint density at radius 1 is 0.389 bits per heavy atom. The van der Waals surface area contributed by atoms with Gasteiger partial charge in [0.15, 0.2) is 5.82 Å². The highest BCUT2D eigenvalue weighted by atomic mass is 16.3. The van der Waals surface area contributed by atoms with Gasteiger partial charge in [-0.3, -0.25) is 4.98 Å². The van der Waals surface area contributed by atoms with E-state index in [-0.39, 0.29) is 0 Å². The molecule has 54 heavy (non-hydrogen) atoms. The van der Waals surface area contributed by atoms with Crippen molar-refractivity contribution in [3.8, 4) is 56.2 Å². The van der Waals surface area contributed by atoms with Crippen LogP contribution in [0.3, 0.4) is 0 Å². The van der Waals surface area contributed by atoms with E-state index in [4.69, 9.17) is 18.8 Å². The Kier molecular flexibility index (Phi) is 6.79. The molecule has 0 atom stereocenters. The third kappa shape index (κ3) is 4.83. The molecule has 11 rings (SSSR count). The van der Waals surface area contributed by atoms with E-state index in [0.29, 0.717) is 5.82 Å². The largest absolute Gasteiger partial charge is 0.456 e. The second-order valence-corrected chi connectivity index (χ2v) is 13.5. The molecule has 0 amide bonds. The van der Waals surface area contributed by atoms with Crippen molar-refractivity contribution in [1.82, 2.24) is 15.0 Å². The number of hydrogen-bond donors (Lipinski definition) is 0. The fraction of sp³-hybridized carbons (Fsp3) is 0. The fourth-order valence-corrected chi connectivity index (χ4v) is 7.86. The molecule has 0 radical (unpaired) electrons. The number of para-hydroxylation sites is 3. The molecule has 0 N–H and O–H groups in total. The van der Waals surface area contributed by atoms with Gasteiger partial charge in [-0.25, -0.2) is 9.97 Å². The minimum absolute atomic E-state index is 0.647. The molecule has 0 fully saturated rings. The topological polar surface area (TPSA) is 65.0 Å². The van der Waals surface area contributed by atoms with Crippen LogP contribution in [0.4, 0.5) is 0 Å². The minimum atomic E-state index is 0.647. The summed E-state index contributed by atoms with van der Waals surface area (Å²) in [5.74, 6) is 0.647. The molecule has 252 valence electrons. The van der Waals surface area contributed by atoms with Gasteiger partial charge in [0.2, 0.25) is 0 Å². The summed E-state index contributed by atoms with van der Waals surface area (Å²) in [7, 11) is 0. The van der Waals surface area contributed by atoms with E-state index in [1.54, 1.807) is 0 Å². The van der Waals surface area contributed by atoms with Gasteiger partial charge in [-0.05, 0) is 47.5 Å². The predicted octanol–water partition coefficient (Wildman–Crippen LogP) is 13.2. The molecule has 5 nitrogen and oxygen atoms in total. The monoisotopic (exact) mass is 691 g/mol. The van der Waals surface area contributed by atoms with Gasteiger partial charge in [0, 0.05) is 60.9 Å². The molecule has 11 aromatic rings. The average Bonchev–Trinajstić information content (AvgIpc) is 3.83. The smallest absolute Gasteiger partial charge is 0.160 e. The Bertz CT molecular complexity index is 3210. The molecule has 0 saturated heterocycles. The molecule has 0 unspecified atom stereocenters. The van der Waals surface area contributed by atoms with Crippen LogP contribution in [0.15, 0.2) is 185 Å². The summed E-state index contributed by atoms with van der Waals surface area (Å²) >= 11 is 0. The molecule has 0 saturated carbocycles. The summed E-state index contributed by atoms with van der Waals surface area (Å²) in [6, 6.07) is 58.2. The van der Waals surface area contributed by atoms with Crippen LogP contribution in [0, 0.1) is 0 Å². The number of furan rings is 2. The van der Waals surface area contributed by atoms with Crippen molar-refractivity contribution in [2.45, 2.75) is 0 Å². The SMILES string of the molecule is c1ccc(-c2cc(-c3ccc(-c4cccc5oc6ccccc6c45)c4oc5ccccc5c34)nc(-c3ccc(-c4cccc5cccnc45)cc3)n2)cc1. The normalized spacial score (nSPS) is 11.7. The Balaban J connectivity index is 1.12. The lowest BCUT2D eigenvalue weighted by Gasteiger charge is -2.12. The lowest BCUT2D eigenvalue weighted by Crippen LogP contribution is -1.96. The lowest BCUT2D eigenvalue weighted by molar-refractivity contribution is 0.668. The number of nitrogens with zero attached hydrogens (tertiary/aromatic N) is 3. The Hall–Kier alpha value is -7.37. The summed E-state index contributed by atoms with van der Waals surface area (Å²) in [4.78, 5) is 15.1. The minimum Gasteiger partial charge on any atom is -0.456 e. The van der Waals surface area contributed by atoms with Gasteiger partial charge in [0.25, 0.3) is 0 Å². The van der Waals surface area contributed by atoms with Gasteiger partial charge >= 0.3 is 0 Å². The first-order chi connectivity index (χ1) is 26.8. The number of rotatable bonds is 5. The van der Waals surface area contributed by atoms with E-state index >= 15 is 0 Å². The van der Waals surface area contributed by atoms with E-state index < -0.39 is 0 Å². The van der Waals surface area contributed by atoms with Gasteiger partial charge in [0.1, 0.15) is 22.3 Å². The second kappa shape index (κ2) is 12.1. The Morgan fingerprint density at radius 3 is 1.89 bits per heavy atom. The van der Waals surface area contributed by atoms with Crippen molar-refractivity contribution in [3.63, 3.8) is 0 Å². The summed E-state index contributed by atoms with van der Waals surface area (Å²) in [5, 5.41) is 5.30. The predicted molar refractivity (Wildman–Crippen MR) is 219 cm³/mol. The van der Waals surface area contributed by atoms with E-state index in [1.165, 1.54) is 0 Å². The Morgan fingerprint density at radius 2 is 1.04 bits per heavy atom. The number of hydrogen-bond acceptors (Lipinski definition) is 5. The third-order valence-electron chi connectivity index (χ3n) is 10.4. The number of fused-ring (bicyclic) bond motifs is 7. The van der Waals surface area contributed by atoms with Crippen molar-refractivity contribution in [1.29, 1.82) is 0 Å². The Labute approximate surface area is 309 Å². The fourth-order valence-electron chi connectivity index (χ4n) is 7.86. The van der Waals surface area contributed by atoms with E-state index in [2.05, 4.69) is 114 Å². The summed E-state index contributed by atoms with van der Waals surface area (Å²) in [5.41, 5.74) is 13.1. The maximum Gasteiger partial charge on any atom is 0.160 e. The van der Waals surface area contributed by atoms with Crippen molar-refractivity contribution < 1.29 is 8.83 Å². The van der Waals surface area contributed by atoms with Crippen LogP contribution in [-0.2, 0) is 0 Å². The van der Waals surface area contributed by atoms with Crippen molar-refractivity contribution >= 4 is 54.8 Å². The van der Waals surface area contributed by atoms with Gasteiger partial charge < -0.3 is 8.83 Å². The highest BCUT2D eigenvalue weighted by molar-refractivity contribution is 6.20. The highest BCUT2D eigenvalue weighted by Crippen LogP contribution is 2.45. The molecule has 0 aliphatic heterocycles. The van der Waals surface area contributed by atoms with Crippen molar-refractivity contribution in [2.24, 2.45) is 0 Å². The van der Waals surface area contributed by atoms with Gasteiger partial charge in [0.05, 0.1) is 16.9 Å². The van der Waals surface area contributed by atoms with E-state index in [9.17, 15) is 0 Å². The van der Waals surface area contributed by atoms with Gasteiger partial charge in [-0.1, -0.05) is 133 Å². The molecule has 0 spiro atoms. The van der Waals surface area contributed by atoms with Crippen LogP contribution in [0.25, 0.3) is 111 Å². The van der Waals surface area contributed by atoms with E-state index in [1.807, 2.05) is 66.9 Å². The van der Waals surface area contributed by atoms with Crippen LogP contribution in [0.5, 0.6) is 0 Å². The standard InChI is InChI=1S/C49H29N3O2/c1-2-11-31(12-3-1)40-29-41(52-49(51-40)33-24-22-30(23-25-33)34-17-8-13-32-14-10-28-50-47(32)34)37-27-26-36(48-46(37)39-16-5-7-20-43(39)54-48)35-18-9-21-44-45(35)38-15-4-6-19-42(38)53-44/h1-29H.